The third-order valence-corrected chi connectivity index (χ3v) is 6.01. The van der Waals surface area contributed by atoms with Crippen molar-refractivity contribution in [3.8, 4) is 0 Å². The van der Waals surface area contributed by atoms with Gasteiger partial charge in [0.2, 0.25) is 11.8 Å². The number of rotatable bonds is 5. The quantitative estimate of drug-likeness (QED) is 0.398. The molecule has 0 saturated heterocycles. The van der Waals surface area contributed by atoms with E-state index in [-0.39, 0.29) is 23.7 Å². The molecule has 0 aliphatic carbocycles. The Hall–Kier alpha value is -3.10. The van der Waals surface area contributed by atoms with Crippen molar-refractivity contribution in [1.82, 2.24) is 9.97 Å². The molecule has 0 unspecified atom stereocenters. The molecule has 9 heteroatoms. The van der Waals surface area contributed by atoms with Gasteiger partial charge in [0.1, 0.15) is 5.82 Å². The average Bonchev–Trinajstić information content (AvgIpc) is 2.72. The van der Waals surface area contributed by atoms with Crippen LogP contribution < -0.4 is 16.2 Å². The summed E-state index contributed by atoms with van der Waals surface area (Å²) in [6.45, 7) is 2.01. The summed E-state index contributed by atoms with van der Waals surface area (Å²) in [6.07, 6.45) is -0.139. The van der Waals surface area contributed by atoms with Crippen molar-refractivity contribution in [3.63, 3.8) is 0 Å². The SMILES string of the molecule is Cc1ccc(CSc2nc3c(c(=O)[nH]2)[C@H](C(=O)Nc2cccc(Cl)c2)CC(=O)N3)cc1. The van der Waals surface area contributed by atoms with Crippen LogP contribution in [0.5, 0.6) is 0 Å². The third kappa shape index (κ3) is 4.98. The highest BCUT2D eigenvalue weighted by Gasteiger charge is 2.34. The fourth-order valence-electron chi connectivity index (χ4n) is 3.27. The van der Waals surface area contributed by atoms with Gasteiger partial charge in [0.25, 0.3) is 5.56 Å². The van der Waals surface area contributed by atoms with E-state index in [0.717, 1.165) is 5.56 Å². The van der Waals surface area contributed by atoms with Gasteiger partial charge in [-0.2, -0.15) is 0 Å². The number of aromatic nitrogens is 2. The fourth-order valence-corrected chi connectivity index (χ4v) is 4.28. The number of hydrogen-bond donors (Lipinski definition) is 3. The second-order valence-corrected chi connectivity index (χ2v) is 8.61. The molecule has 3 aromatic rings. The number of nitrogens with zero attached hydrogens (tertiary/aromatic N) is 1. The number of H-pyrrole nitrogens is 1. The lowest BCUT2D eigenvalue weighted by Gasteiger charge is -2.23. The highest BCUT2D eigenvalue weighted by molar-refractivity contribution is 7.98. The van der Waals surface area contributed by atoms with E-state index in [1.807, 2.05) is 31.2 Å². The monoisotopic (exact) mass is 454 g/mol. The van der Waals surface area contributed by atoms with E-state index in [2.05, 4.69) is 20.6 Å². The number of aryl methyl sites for hydroxylation is 1. The van der Waals surface area contributed by atoms with Crippen LogP contribution in [0, 0.1) is 6.92 Å². The van der Waals surface area contributed by atoms with Gasteiger partial charge >= 0.3 is 0 Å². The first-order valence-electron chi connectivity index (χ1n) is 9.58. The van der Waals surface area contributed by atoms with E-state index in [1.165, 1.54) is 17.3 Å². The highest BCUT2D eigenvalue weighted by atomic mass is 35.5. The van der Waals surface area contributed by atoms with Gasteiger partial charge in [-0.15, -0.1) is 0 Å². The maximum atomic E-state index is 12.8. The molecule has 31 heavy (non-hydrogen) atoms. The molecule has 4 rings (SSSR count). The molecule has 0 bridgehead atoms. The van der Waals surface area contributed by atoms with Crippen LogP contribution in [0.3, 0.4) is 0 Å². The van der Waals surface area contributed by atoms with Crippen molar-refractivity contribution in [3.05, 3.63) is 80.6 Å². The maximum Gasteiger partial charge on any atom is 0.257 e. The molecule has 1 aromatic heterocycles. The van der Waals surface area contributed by atoms with Gasteiger partial charge in [-0.1, -0.05) is 59.3 Å². The summed E-state index contributed by atoms with van der Waals surface area (Å²) in [7, 11) is 0. The Morgan fingerprint density at radius 1 is 1.23 bits per heavy atom. The van der Waals surface area contributed by atoms with E-state index in [1.54, 1.807) is 24.3 Å². The first-order chi connectivity index (χ1) is 14.9. The molecule has 7 nitrogen and oxygen atoms in total. The maximum absolute atomic E-state index is 12.8. The number of halogens is 1. The van der Waals surface area contributed by atoms with Crippen LogP contribution in [0.1, 0.15) is 29.0 Å². The fraction of sp³-hybridized carbons (Fsp3) is 0.182. The molecule has 1 aliphatic heterocycles. The summed E-state index contributed by atoms with van der Waals surface area (Å²) < 4.78 is 0. The summed E-state index contributed by atoms with van der Waals surface area (Å²) in [5.74, 6) is -1.06. The Kier molecular flexibility index (Phi) is 6.11. The van der Waals surface area contributed by atoms with Gasteiger partial charge in [0.15, 0.2) is 5.16 Å². The molecule has 2 amide bonds. The van der Waals surface area contributed by atoms with Crippen molar-refractivity contribution in [2.45, 2.75) is 30.2 Å². The number of carbonyl (C=O) groups is 2. The number of aromatic amines is 1. The number of nitrogens with one attached hydrogen (secondary N) is 3. The average molecular weight is 455 g/mol. The van der Waals surface area contributed by atoms with Gasteiger partial charge in [0.05, 0.1) is 11.5 Å². The Balaban J connectivity index is 1.57. The highest BCUT2D eigenvalue weighted by Crippen LogP contribution is 2.31. The number of fused-ring (bicyclic) bond motifs is 1. The van der Waals surface area contributed by atoms with Crippen molar-refractivity contribution < 1.29 is 9.59 Å². The van der Waals surface area contributed by atoms with Gasteiger partial charge in [-0.05, 0) is 30.7 Å². The van der Waals surface area contributed by atoms with Crippen LogP contribution in [-0.2, 0) is 15.3 Å². The van der Waals surface area contributed by atoms with Gasteiger partial charge in [-0.3, -0.25) is 14.4 Å². The molecule has 0 saturated carbocycles. The first kappa shape index (κ1) is 21.1. The van der Waals surface area contributed by atoms with Crippen molar-refractivity contribution in [1.29, 1.82) is 0 Å². The van der Waals surface area contributed by atoms with Crippen LogP contribution in [-0.4, -0.2) is 21.8 Å². The molecule has 0 radical (unpaired) electrons. The predicted molar refractivity (Wildman–Crippen MR) is 122 cm³/mol. The zero-order valence-electron chi connectivity index (χ0n) is 16.6. The van der Waals surface area contributed by atoms with Crippen LogP contribution in [0.4, 0.5) is 11.5 Å². The van der Waals surface area contributed by atoms with Gasteiger partial charge < -0.3 is 15.6 Å². The molecule has 158 valence electrons. The molecule has 2 aromatic carbocycles. The van der Waals surface area contributed by atoms with Crippen molar-refractivity contribution in [2.24, 2.45) is 0 Å². The molecular formula is C22H19ClN4O3S. The number of hydrogen-bond acceptors (Lipinski definition) is 5. The van der Waals surface area contributed by atoms with Crippen molar-refractivity contribution >= 4 is 46.7 Å². The van der Waals surface area contributed by atoms with E-state index < -0.39 is 17.4 Å². The Labute approximate surface area is 187 Å². The number of thioether (sulfide) groups is 1. The lowest BCUT2D eigenvalue weighted by atomic mass is 9.92. The minimum atomic E-state index is -0.949. The smallest absolute Gasteiger partial charge is 0.257 e. The summed E-state index contributed by atoms with van der Waals surface area (Å²) in [5, 5.41) is 6.18. The number of benzene rings is 2. The van der Waals surface area contributed by atoms with E-state index in [9.17, 15) is 14.4 Å². The number of amides is 2. The largest absolute Gasteiger partial charge is 0.325 e. The summed E-state index contributed by atoms with van der Waals surface area (Å²) in [6, 6.07) is 14.7. The summed E-state index contributed by atoms with van der Waals surface area (Å²) >= 11 is 7.31. The van der Waals surface area contributed by atoms with Crippen LogP contribution in [0.2, 0.25) is 5.02 Å². The summed E-state index contributed by atoms with van der Waals surface area (Å²) in [5.41, 5.74) is 2.44. The minimum absolute atomic E-state index is 0.123. The molecule has 0 fully saturated rings. The molecule has 1 aliphatic rings. The van der Waals surface area contributed by atoms with E-state index in [4.69, 9.17) is 11.6 Å². The van der Waals surface area contributed by atoms with Gasteiger partial charge in [0, 0.05) is 22.9 Å². The Morgan fingerprint density at radius 3 is 2.74 bits per heavy atom. The standard InChI is InChI=1S/C22H19ClN4O3S/c1-12-5-7-13(8-6-12)11-31-22-26-19-18(21(30)27-22)16(10-17(28)25-19)20(29)24-15-4-2-3-14(23)9-15/h2-9,16H,10-11H2,1H3,(H,24,29)(H2,25,26,27,28,30)/t16-/m1/s1. The lowest BCUT2D eigenvalue weighted by Crippen LogP contribution is -2.36. The third-order valence-electron chi connectivity index (χ3n) is 4.83. The molecular weight excluding hydrogens is 436 g/mol. The topological polar surface area (TPSA) is 104 Å². The minimum Gasteiger partial charge on any atom is -0.325 e. The van der Waals surface area contributed by atoms with Crippen molar-refractivity contribution in [2.75, 3.05) is 10.6 Å². The van der Waals surface area contributed by atoms with Gasteiger partial charge in [-0.25, -0.2) is 4.98 Å². The summed E-state index contributed by atoms with van der Waals surface area (Å²) in [4.78, 5) is 45.0. The molecule has 1 atom stereocenters. The number of carbonyl (C=O) groups excluding carboxylic acids is 2. The Bertz CT molecular complexity index is 1210. The van der Waals surface area contributed by atoms with Crippen LogP contribution in [0.15, 0.2) is 58.5 Å². The molecule has 0 spiro atoms. The zero-order valence-corrected chi connectivity index (χ0v) is 18.1. The lowest BCUT2D eigenvalue weighted by molar-refractivity contribution is -0.123. The second-order valence-electron chi connectivity index (χ2n) is 7.21. The van der Waals surface area contributed by atoms with E-state index in [0.29, 0.717) is 21.6 Å². The molecule has 3 N–H and O–H groups in total. The van der Waals surface area contributed by atoms with Crippen LogP contribution in [0.25, 0.3) is 0 Å². The first-order valence-corrected chi connectivity index (χ1v) is 10.9. The zero-order chi connectivity index (χ0) is 22.0. The molecule has 2 heterocycles. The Morgan fingerprint density at radius 2 is 2.00 bits per heavy atom. The van der Waals surface area contributed by atoms with E-state index >= 15 is 0 Å². The normalized spacial score (nSPS) is 15.2. The predicted octanol–water partition coefficient (Wildman–Crippen LogP) is 4.09. The second kappa shape index (κ2) is 8.95. The van der Waals surface area contributed by atoms with Crippen LogP contribution >= 0.6 is 23.4 Å². The number of anilines is 2.